The molecular formula is C25H23ClFN5O2. The molecule has 5 rings (SSSR count). The molecule has 2 aromatic carbocycles. The lowest BCUT2D eigenvalue weighted by Crippen LogP contribution is -2.21. The second kappa shape index (κ2) is 9.02. The van der Waals surface area contributed by atoms with Crippen LogP contribution < -0.4 is 4.74 Å². The van der Waals surface area contributed by atoms with Gasteiger partial charge in [0.15, 0.2) is 5.78 Å². The highest BCUT2D eigenvalue weighted by Gasteiger charge is 2.28. The number of benzene rings is 2. The molecule has 9 heteroatoms. The maximum absolute atomic E-state index is 13.5. The summed E-state index contributed by atoms with van der Waals surface area (Å²) < 4.78 is 22.8. The van der Waals surface area contributed by atoms with Gasteiger partial charge in [-0.15, -0.1) is 5.10 Å². The van der Waals surface area contributed by atoms with Crippen LogP contribution in [-0.4, -0.2) is 37.4 Å². The van der Waals surface area contributed by atoms with Crippen LogP contribution >= 0.6 is 11.6 Å². The summed E-state index contributed by atoms with van der Waals surface area (Å²) >= 11 is 6.31. The van der Waals surface area contributed by atoms with Gasteiger partial charge in [0.1, 0.15) is 11.6 Å². The predicted octanol–water partition coefficient (Wildman–Crippen LogP) is 4.92. The number of ketones is 1. The summed E-state index contributed by atoms with van der Waals surface area (Å²) in [5.41, 5.74) is 4.61. The normalized spacial score (nSPS) is 15.2. The minimum atomic E-state index is -0.376. The van der Waals surface area contributed by atoms with Gasteiger partial charge in [0.05, 0.1) is 48.7 Å². The Hall–Kier alpha value is -3.52. The maximum atomic E-state index is 13.5. The second-order valence-corrected chi connectivity index (χ2v) is 8.82. The Morgan fingerprint density at radius 3 is 2.85 bits per heavy atom. The third-order valence-corrected chi connectivity index (χ3v) is 6.53. The highest BCUT2D eigenvalue weighted by atomic mass is 35.5. The van der Waals surface area contributed by atoms with Crippen molar-refractivity contribution in [3.63, 3.8) is 0 Å². The second-order valence-electron chi connectivity index (χ2n) is 8.41. The largest absolute Gasteiger partial charge is 0.495 e. The van der Waals surface area contributed by atoms with Gasteiger partial charge >= 0.3 is 0 Å². The lowest BCUT2D eigenvalue weighted by Gasteiger charge is -2.25. The Balaban J connectivity index is 1.40. The Bertz CT molecular complexity index is 1380. The van der Waals surface area contributed by atoms with Crippen molar-refractivity contribution in [2.24, 2.45) is 0 Å². The van der Waals surface area contributed by atoms with Crippen LogP contribution in [0.5, 0.6) is 5.75 Å². The Morgan fingerprint density at radius 1 is 1.26 bits per heavy atom. The number of carbonyl (C=O) groups is 1. The Kier molecular flexibility index (Phi) is 5.91. The molecule has 34 heavy (non-hydrogen) atoms. The maximum Gasteiger partial charge on any atom is 0.169 e. The zero-order valence-corrected chi connectivity index (χ0v) is 19.6. The van der Waals surface area contributed by atoms with E-state index >= 15 is 0 Å². The number of imidazole rings is 1. The van der Waals surface area contributed by atoms with E-state index in [0.29, 0.717) is 22.0 Å². The molecule has 0 fully saturated rings. The first-order valence-electron chi connectivity index (χ1n) is 11.0. The summed E-state index contributed by atoms with van der Waals surface area (Å²) in [4.78, 5) is 17.4. The third kappa shape index (κ3) is 4.09. The van der Waals surface area contributed by atoms with E-state index in [2.05, 4.69) is 15.3 Å². The van der Waals surface area contributed by atoms with E-state index in [4.69, 9.17) is 16.3 Å². The number of hydrogen-bond donors (Lipinski definition) is 0. The third-order valence-electron chi connectivity index (χ3n) is 6.20. The summed E-state index contributed by atoms with van der Waals surface area (Å²) in [5, 5.41) is 9.04. The van der Waals surface area contributed by atoms with Crippen LogP contribution in [0.4, 0.5) is 4.39 Å². The van der Waals surface area contributed by atoms with Gasteiger partial charge in [0, 0.05) is 16.8 Å². The molecule has 1 aliphatic rings. The molecule has 0 bridgehead atoms. The summed E-state index contributed by atoms with van der Waals surface area (Å²) in [6.45, 7) is 1.91. The number of methoxy groups -OCH3 is 1. The number of ether oxygens (including phenoxy) is 1. The smallest absolute Gasteiger partial charge is 0.169 e. The molecule has 7 nitrogen and oxygen atoms in total. The van der Waals surface area contributed by atoms with Crippen molar-refractivity contribution in [2.45, 2.75) is 38.6 Å². The van der Waals surface area contributed by atoms with Gasteiger partial charge in [-0.25, -0.2) is 14.1 Å². The van der Waals surface area contributed by atoms with Crippen LogP contribution in [0.2, 0.25) is 5.02 Å². The van der Waals surface area contributed by atoms with E-state index in [1.165, 1.54) is 12.1 Å². The molecule has 0 radical (unpaired) electrons. The van der Waals surface area contributed by atoms with E-state index in [1.54, 1.807) is 31.6 Å². The number of halogens is 2. The molecule has 0 saturated carbocycles. The quantitative estimate of drug-likeness (QED) is 0.367. The first-order valence-corrected chi connectivity index (χ1v) is 11.4. The van der Waals surface area contributed by atoms with Crippen molar-refractivity contribution >= 4 is 17.4 Å². The number of aryl methyl sites for hydroxylation is 1. The van der Waals surface area contributed by atoms with E-state index in [9.17, 15) is 9.18 Å². The van der Waals surface area contributed by atoms with Crippen molar-refractivity contribution in [2.75, 3.05) is 7.11 Å². The van der Waals surface area contributed by atoms with Gasteiger partial charge < -0.3 is 9.30 Å². The highest BCUT2D eigenvalue weighted by Crippen LogP contribution is 2.35. The summed E-state index contributed by atoms with van der Waals surface area (Å²) in [6, 6.07) is 9.65. The summed E-state index contributed by atoms with van der Waals surface area (Å²) in [7, 11) is 1.58. The summed E-state index contributed by atoms with van der Waals surface area (Å²) in [6.07, 6.45) is 6.23. The fraction of sp³-hybridized carbons (Fsp3) is 0.280. The Labute approximate surface area is 201 Å². The number of hydrogen-bond acceptors (Lipinski definition) is 5. The van der Waals surface area contributed by atoms with Gasteiger partial charge in [-0.3, -0.25) is 4.79 Å². The number of aromatic nitrogens is 5. The number of nitrogens with zero attached hydrogens (tertiary/aromatic N) is 5. The van der Waals surface area contributed by atoms with Crippen LogP contribution in [0.3, 0.4) is 0 Å². The lowest BCUT2D eigenvalue weighted by molar-refractivity contribution is 0.0991. The van der Waals surface area contributed by atoms with Gasteiger partial charge in [-0.05, 0) is 62.1 Å². The molecule has 0 aliphatic carbocycles. The average molecular weight is 480 g/mol. The molecular weight excluding hydrogens is 457 g/mol. The van der Waals surface area contributed by atoms with Gasteiger partial charge in [0.2, 0.25) is 0 Å². The molecule has 1 aliphatic heterocycles. The van der Waals surface area contributed by atoms with E-state index in [1.807, 2.05) is 28.4 Å². The van der Waals surface area contributed by atoms with Gasteiger partial charge in [-0.1, -0.05) is 22.9 Å². The topological polar surface area (TPSA) is 74.8 Å². The first-order chi connectivity index (χ1) is 16.4. The molecule has 174 valence electrons. The molecule has 0 saturated heterocycles. The van der Waals surface area contributed by atoms with E-state index in [-0.39, 0.29) is 24.1 Å². The molecule has 0 spiro atoms. The van der Waals surface area contributed by atoms with Gasteiger partial charge in [-0.2, -0.15) is 0 Å². The predicted molar refractivity (Wildman–Crippen MR) is 125 cm³/mol. The van der Waals surface area contributed by atoms with Crippen LogP contribution in [0.1, 0.15) is 51.9 Å². The monoisotopic (exact) mass is 479 g/mol. The Morgan fingerprint density at radius 2 is 2.12 bits per heavy atom. The van der Waals surface area contributed by atoms with E-state index in [0.717, 1.165) is 41.9 Å². The molecule has 1 unspecified atom stereocenters. The van der Waals surface area contributed by atoms with Crippen molar-refractivity contribution in [3.05, 3.63) is 88.0 Å². The van der Waals surface area contributed by atoms with Crippen molar-refractivity contribution < 1.29 is 13.9 Å². The SMILES string of the molecule is COc1cc(C(=O)Cc2nnn3c2CCCC3c2ccc(F)cc2Cl)ccc1-n1cnc(C)c1. The molecule has 3 heterocycles. The summed E-state index contributed by atoms with van der Waals surface area (Å²) in [5.74, 6) is 0.135. The molecule has 1 atom stereocenters. The van der Waals surface area contributed by atoms with Gasteiger partial charge in [0.25, 0.3) is 0 Å². The van der Waals surface area contributed by atoms with E-state index < -0.39 is 0 Å². The molecule has 4 aromatic rings. The highest BCUT2D eigenvalue weighted by molar-refractivity contribution is 6.31. The van der Waals surface area contributed by atoms with Crippen molar-refractivity contribution in [1.82, 2.24) is 24.5 Å². The molecule has 0 N–H and O–H groups in total. The number of rotatable bonds is 6. The standard InChI is InChI=1S/C25H23ClFN5O2/c1-15-13-31(14-28-15)23-9-6-16(10-25(23)34-2)24(33)12-20-22-5-3-4-21(32(22)30-29-20)18-8-7-17(27)11-19(18)26/h6-11,13-14,21H,3-5,12H2,1-2H3. The molecule has 0 amide bonds. The van der Waals surface area contributed by atoms with Crippen molar-refractivity contribution in [3.8, 4) is 11.4 Å². The van der Waals surface area contributed by atoms with Crippen LogP contribution in [0, 0.1) is 12.7 Å². The van der Waals surface area contributed by atoms with Crippen LogP contribution in [-0.2, 0) is 12.8 Å². The number of Topliss-reactive ketones (excluding diaryl/α,β-unsaturated/α-hetero) is 1. The van der Waals surface area contributed by atoms with Crippen LogP contribution in [0.25, 0.3) is 5.69 Å². The first kappa shape index (κ1) is 22.3. The average Bonchev–Trinajstić information content (AvgIpc) is 3.45. The van der Waals surface area contributed by atoms with Crippen LogP contribution in [0.15, 0.2) is 48.9 Å². The molecule has 2 aromatic heterocycles. The number of fused-ring (bicyclic) bond motifs is 1. The fourth-order valence-corrected chi connectivity index (χ4v) is 4.80. The fourth-order valence-electron chi connectivity index (χ4n) is 4.51. The zero-order valence-electron chi connectivity index (χ0n) is 18.8. The minimum Gasteiger partial charge on any atom is -0.495 e. The number of carbonyl (C=O) groups excluding carboxylic acids is 1. The van der Waals surface area contributed by atoms with Crippen molar-refractivity contribution in [1.29, 1.82) is 0 Å². The zero-order chi connectivity index (χ0) is 23.8. The minimum absolute atomic E-state index is 0.0723. The lowest BCUT2D eigenvalue weighted by atomic mass is 9.94.